The molecule has 2 rings (SSSR count). The van der Waals surface area contributed by atoms with Crippen LogP contribution in [0.25, 0.3) is 0 Å². The van der Waals surface area contributed by atoms with Crippen LogP contribution in [0.5, 0.6) is 5.75 Å². The summed E-state index contributed by atoms with van der Waals surface area (Å²) < 4.78 is 5.63. The monoisotopic (exact) mass is 304 g/mol. The number of benzene rings is 2. The average Bonchev–Trinajstić information content (AvgIpc) is 2.46. The fourth-order valence-electron chi connectivity index (χ4n) is 1.73. The molecule has 5 heteroatoms. The number of ether oxygens (including phenoxy) is 1. The average molecular weight is 305 g/mol. The van der Waals surface area contributed by atoms with Crippen molar-refractivity contribution in [3.8, 4) is 5.75 Å². The van der Waals surface area contributed by atoms with Crippen molar-refractivity contribution in [2.45, 2.75) is 13.5 Å². The number of amidine groups is 1. The first-order valence-corrected chi connectivity index (χ1v) is 6.23. The number of nitrogens with two attached hydrogens (primary N) is 1. The second kappa shape index (κ2) is 7.45. The third-order valence-corrected chi connectivity index (χ3v) is 2.93. The molecule has 0 aromatic heterocycles. The highest BCUT2D eigenvalue weighted by atomic mass is 35.5. The van der Waals surface area contributed by atoms with Crippen LogP contribution in [-0.2, 0) is 6.61 Å². The highest BCUT2D eigenvalue weighted by Gasteiger charge is 2.01. The van der Waals surface area contributed by atoms with E-state index in [-0.39, 0.29) is 24.0 Å². The van der Waals surface area contributed by atoms with Crippen molar-refractivity contribution in [2.75, 3.05) is 0 Å². The van der Waals surface area contributed by atoms with Crippen molar-refractivity contribution in [2.24, 2.45) is 5.73 Å². The van der Waals surface area contributed by atoms with Crippen LogP contribution in [0.3, 0.4) is 0 Å². The number of hydrogen-bond donors (Lipinski definition) is 2. The Morgan fingerprint density at radius 3 is 2.05 bits per heavy atom. The van der Waals surface area contributed by atoms with Crippen LogP contribution in [0.1, 0.15) is 28.4 Å². The number of carbonyl (C=O) groups excluding carboxylic acids is 1. The van der Waals surface area contributed by atoms with Crippen molar-refractivity contribution in [1.29, 1.82) is 5.41 Å². The molecule has 0 amide bonds. The Kier molecular flexibility index (Phi) is 5.93. The standard InChI is InChI=1S/C16H16N2O2.ClH/c1-11(19)13-6-8-15(9-7-13)20-10-12-2-4-14(5-3-12)16(17)18;/h2-9H,10H2,1H3,(H3,17,18);1H. The number of halogens is 1. The van der Waals surface area contributed by atoms with Gasteiger partial charge in [0.2, 0.25) is 0 Å². The molecule has 0 radical (unpaired) electrons. The first kappa shape index (κ1) is 16.7. The quantitative estimate of drug-likeness (QED) is 0.506. The molecule has 21 heavy (non-hydrogen) atoms. The molecule has 0 saturated heterocycles. The molecule has 0 aliphatic carbocycles. The van der Waals surface area contributed by atoms with E-state index >= 15 is 0 Å². The van der Waals surface area contributed by atoms with Gasteiger partial charge in [-0.2, -0.15) is 0 Å². The van der Waals surface area contributed by atoms with Crippen LogP contribution < -0.4 is 10.5 Å². The highest BCUT2D eigenvalue weighted by Crippen LogP contribution is 2.15. The lowest BCUT2D eigenvalue weighted by Gasteiger charge is -2.07. The molecule has 4 nitrogen and oxygen atoms in total. The summed E-state index contributed by atoms with van der Waals surface area (Å²) in [5.41, 5.74) is 7.75. The fraction of sp³-hybridized carbons (Fsp3) is 0.125. The van der Waals surface area contributed by atoms with Gasteiger partial charge in [0, 0.05) is 11.1 Å². The summed E-state index contributed by atoms with van der Waals surface area (Å²) in [6, 6.07) is 14.4. The van der Waals surface area contributed by atoms with Crippen LogP contribution in [0.15, 0.2) is 48.5 Å². The summed E-state index contributed by atoms with van der Waals surface area (Å²) in [6.07, 6.45) is 0. The molecular weight excluding hydrogens is 288 g/mol. The zero-order valence-corrected chi connectivity index (χ0v) is 12.4. The fourth-order valence-corrected chi connectivity index (χ4v) is 1.73. The third kappa shape index (κ3) is 4.61. The SMILES string of the molecule is CC(=O)c1ccc(OCc2ccc(C(=N)N)cc2)cc1.Cl. The number of nitrogen functional groups attached to an aromatic ring is 1. The molecule has 2 aromatic carbocycles. The molecule has 0 unspecified atom stereocenters. The van der Waals surface area contributed by atoms with Gasteiger partial charge in [0.25, 0.3) is 0 Å². The van der Waals surface area contributed by atoms with E-state index < -0.39 is 0 Å². The van der Waals surface area contributed by atoms with E-state index in [0.29, 0.717) is 23.5 Å². The van der Waals surface area contributed by atoms with E-state index in [9.17, 15) is 4.79 Å². The molecule has 0 heterocycles. The minimum atomic E-state index is 0. The summed E-state index contributed by atoms with van der Waals surface area (Å²) in [4.78, 5) is 11.2. The minimum absolute atomic E-state index is 0. The van der Waals surface area contributed by atoms with Crippen molar-refractivity contribution in [3.05, 3.63) is 65.2 Å². The second-order valence-corrected chi connectivity index (χ2v) is 4.48. The van der Waals surface area contributed by atoms with Gasteiger partial charge >= 0.3 is 0 Å². The van der Waals surface area contributed by atoms with E-state index in [1.54, 1.807) is 36.4 Å². The molecule has 110 valence electrons. The van der Waals surface area contributed by atoms with Crippen molar-refractivity contribution in [3.63, 3.8) is 0 Å². The van der Waals surface area contributed by atoms with Crippen LogP contribution in [0, 0.1) is 5.41 Å². The van der Waals surface area contributed by atoms with E-state index in [4.69, 9.17) is 15.9 Å². The first-order valence-electron chi connectivity index (χ1n) is 6.23. The first-order chi connectivity index (χ1) is 9.56. The molecule has 0 atom stereocenters. The summed E-state index contributed by atoms with van der Waals surface area (Å²) >= 11 is 0. The molecule has 0 bridgehead atoms. The van der Waals surface area contributed by atoms with Gasteiger partial charge in [0.05, 0.1) is 0 Å². The van der Waals surface area contributed by atoms with Crippen LogP contribution in [0.4, 0.5) is 0 Å². The predicted molar refractivity (Wildman–Crippen MR) is 85.5 cm³/mol. The van der Waals surface area contributed by atoms with Gasteiger partial charge in [-0.25, -0.2) is 0 Å². The largest absolute Gasteiger partial charge is 0.489 e. The summed E-state index contributed by atoms with van der Waals surface area (Å²) in [5.74, 6) is 0.805. The molecule has 0 aliphatic rings. The number of ketones is 1. The van der Waals surface area contributed by atoms with Crippen molar-refractivity contribution < 1.29 is 9.53 Å². The van der Waals surface area contributed by atoms with Gasteiger partial charge in [0.15, 0.2) is 5.78 Å². The maximum absolute atomic E-state index is 11.2. The van der Waals surface area contributed by atoms with E-state index in [2.05, 4.69) is 0 Å². The smallest absolute Gasteiger partial charge is 0.159 e. The topological polar surface area (TPSA) is 76.2 Å². The third-order valence-electron chi connectivity index (χ3n) is 2.93. The number of rotatable bonds is 5. The van der Waals surface area contributed by atoms with Gasteiger partial charge in [0.1, 0.15) is 18.2 Å². The normalized spacial score (nSPS) is 9.57. The Morgan fingerprint density at radius 2 is 1.57 bits per heavy atom. The van der Waals surface area contributed by atoms with Crippen molar-refractivity contribution in [1.82, 2.24) is 0 Å². The van der Waals surface area contributed by atoms with Gasteiger partial charge < -0.3 is 10.5 Å². The zero-order valence-electron chi connectivity index (χ0n) is 11.6. The van der Waals surface area contributed by atoms with Gasteiger partial charge in [-0.3, -0.25) is 10.2 Å². The van der Waals surface area contributed by atoms with E-state index in [0.717, 1.165) is 5.56 Å². The number of hydrogen-bond acceptors (Lipinski definition) is 3. The highest BCUT2D eigenvalue weighted by molar-refractivity contribution is 5.95. The number of Topliss-reactive ketones (excluding diaryl/α,β-unsaturated/α-hetero) is 1. The summed E-state index contributed by atoms with van der Waals surface area (Å²) in [7, 11) is 0. The van der Waals surface area contributed by atoms with Crippen LogP contribution in [-0.4, -0.2) is 11.6 Å². The van der Waals surface area contributed by atoms with E-state index in [1.165, 1.54) is 6.92 Å². The molecule has 0 aliphatic heterocycles. The number of nitrogens with one attached hydrogen (secondary N) is 1. The Labute approximate surface area is 129 Å². The second-order valence-electron chi connectivity index (χ2n) is 4.48. The van der Waals surface area contributed by atoms with E-state index in [1.807, 2.05) is 12.1 Å². The van der Waals surface area contributed by atoms with Crippen molar-refractivity contribution >= 4 is 24.0 Å². The maximum atomic E-state index is 11.2. The van der Waals surface area contributed by atoms with Gasteiger partial charge in [-0.15, -0.1) is 12.4 Å². The lowest BCUT2D eigenvalue weighted by Crippen LogP contribution is -2.10. The lowest BCUT2D eigenvalue weighted by molar-refractivity contribution is 0.101. The molecular formula is C16H17ClN2O2. The zero-order chi connectivity index (χ0) is 14.5. The van der Waals surface area contributed by atoms with Crippen LogP contribution in [0.2, 0.25) is 0 Å². The molecule has 2 aromatic rings. The Hall–Kier alpha value is -2.33. The maximum Gasteiger partial charge on any atom is 0.159 e. The Balaban J connectivity index is 0.00000220. The summed E-state index contributed by atoms with van der Waals surface area (Å²) in [5, 5.41) is 7.32. The lowest BCUT2D eigenvalue weighted by atomic mass is 10.1. The minimum Gasteiger partial charge on any atom is -0.489 e. The van der Waals surface area contributed by atoms with Gasteiger partial charge in [-0.1, -0.05) is 24.3 Å². The molecule has 3 N–H and O–H groups in total. The van der Waals surface area contributed by atoms with Gasteiger partial charge in [-0.05, 0) is 36.8 Å². The molecule has 0 fully saturated rings. The molecule has 0 saturated carbocycles. The Morgan fingerprint density at radius 1 is 1.05 bits per heavy atom. The Bertz CT molecular complexity index is 564. The molecule has 0 spiro atoms. The summed E-state index contributed by atoms with van der Waals surface area (Å²) in [6.45, 7) is 1.96. The number of carbonyl (C=O) groups is 1. The van der Waals surface area contributed by atoms with Crippen LogP contribution >= 0.6 is 12.4 Å². The predicted octanol–water partition coefficient (Wildman–Crippen LogP) is 3.17.